The van der Waals surface area contributed by atoms with Gasteiger partial charge in [0.05, 0.1) is 6.61 Å². The molecule has 0 amide bonds. The summed E-state index contributed by atoms with van der Waals surface area (Å²) in [5, 5.41) is 0. The Balaban J connectivity index is 4.25. The van der Waals surface area contributed by atoms with Crippen LogP contribution in [0.3, 0.4) is 0 Å². The average molecular weight is 849 g/mol. The Morgan fingerprint density at radius 1 is 0.383 bits per heavy atom. The van der Waals surface area contributed by atoms with E-state index >= 15 is 0 Å². The van der Waals surface area contributed by atoms with E-state index in [1.807, 2.05) is 0 Å². The maximum Gasteiger partial charge on any atom is 0.469 e. The second kappa shape index (κ2) is 36.0. The van der Waals surface area contributed by atoms with Crippen LogP contribution in [0.15, 0.2) is 116 Å². The molecule has 0 aliphatic carbocycles. The Bertz CT molecular complexity index is 1540. The summed E-state index contributed by atoms with van der Waals surface area (Å²) >= 11 is 0. The molecule has 0 aromatic rings. The van der Waals surface area contributed by atoms with Crippen LogP contribution in [0.5, 0.6) is 0 Å². The molecule has 0 fully saturated rings. The lowest BCUT2D eigenvalue weighted by atomic mass is 10.0. The number of hydrogen-bond acceptors (Lipinski definition) is 2. The second-order valence-corrected chi connectivity index (χ2v) is 19.6. The molecule has 0 heterocycles. The van der Waals surface area contributed by atoms with Crippen molar-refractivity contribution in [1.82, 2.24) is 0 Å². The molecule has 0 aromatic heterocycles. The van der Waals surface area contributed by atoms with Crippen molar-refractivity contribution < 1.29 is 18.9 Å². The van der Waals surface area contributed by atoms with Crippen LogP contribution in [0.25, 0.3) is 0 Å². The molecule has 0 saturated heterocycles. The third-order valence-electron chi connectivity index (χ3n) is 11.4. The van der Waals surface area contributed by atoms with Gasteiger partial charge in [0, 0.05) is 0 Å². The van der Waals surface area contributed by atoms with Crippen LogP contribution in [0.2, 0.25) is 0 Å². The molecule has 0 aliphatic rings. The highest BCUT2D eigenvalue weighted by Gasteiger charge is 2.14. The summed E-state index contributed by atoms with van der Waals surface area (Å²) in [7, 11) is -4.35. The van der Waals surface area contributed by atoms with E-state index in [0.717, 1.165) is 109 Å². The lowest BCUT2D eigenvalue weighted by molar-refractivity contribution is 0.185. The molecule has 60 heavy (non-hydrogen) atoms. The summed E-state index contributed by atoms with van der Waals surface area (Å²) in [6.45, 7) is 27.0. The average Bonchev–Trinajstić information content (AvgIpc) is 3.14. The summed E-state index contributed by atoms with van der Waals surface area (Å²) in [6, 6.07) is 0. The second-order valence-electron chi connectivity index (χ2n) is 18.4. The molecule has 0 rings (SSSR count). The van der Waals surface area contributed by atoms with Crippen molar-refractivity contribution >= 4 is 7.82 Å². The van der Waals surface area contributed by atoms with Gasteiger partial charge >= 0.3 is 7.82 Å². The number of phosphoric acid groups is 1. The van der Waals surface area contributed by atoms with Crippen molar-refractivity contribution in [3.8, 4) is 0 Å². The van der Waals surface area contributed by atoms with Gasteiger partial charge in [-0.1, -0.05) is 123 Å². The quantitative estimate of drug-likeness (QED) is 0.0500. The van der Waals surface area contributed by atoms with Crippen LogP contribution in [0.4, 0.5) is 0 Å². The van der Waals surface area contributed by atoms with Gasteiger partial charge in [0.25, 0.3) is 0 Å². The summed E-state index contributed by atoms with van der Waals surface area (Å²) < 4.78 is 15.4. The Kier molecular flexibility index (Phi) is 34.5. The van der Waals surface area contributed by atoms with E-state index in [0.29, 0.717) is 12.3 Å². The van der Waals surface area contributed by atoms with Crippen molar-refractivity contribution in [2.75, 3.05) is 6.61 Å². The molecular weight excluding hydrogens is 756 g/mol. The Morgan fingerprint density at radius 3 is 0.817 bits per heavy atom. The molecule has 2 N–H and O–H groups in total. The summed E-state index contributed by atoms with van der Waals surface area (Å²) in [4.78, 5) is 17.6. The first-order valence-electron chi connectivity index (χ1n) is 23.6. The van der Waals surface area contributed by atoms with E-state index < -0.39 is 7.82 Å². The molecular formula is C55H93O4P. The maximum atomic E-state index is 10.8. The predicted molar refractivity (Wildman–Crippen MR) is 267 cm³/mol. The molecule has 4 nitrogen and oxygen atoms in total. The highest BCUT2D eigenvalue weighted by molar-refractivity contribution is 7.46. The molecule has 342 valence electrons. The number of allylic oxidation sites excluding steroid dienone is 20. The first-order chi connectivity index (χ1) is 28.4. The fourth-order valence-corrected chi connectivity index (χ4v) is 7.35. The van der Waals surface area contributed by atoms with E-state index in [1.165, 1.54) is 75.0 Å². The minimum absolute atomic E-state index is 0.107. The van der Waals surface area contributed by atoms with Gasteiger partial charge in [0.1, 0.15) is 0 Å². The zero-order valence-electron chi connectivity index (χ0n) is 41.1. The van der Waals surface area contributed by atoms with Crippen molar-refractivity contribution in [2.45, 2.75) is 218 Å². The summed E-state index contributed by atoms with van der Waals surface area (Å²) in [6.07, 6.45) is 47.4. The Morgan fingerprint density at radius 2 is 0.600 bits per heavy atom. The lowest BCUT2D eigenvalue weighted by Crippen LogP contribution is -2.00. The fourth-order valence-electron chi connectivity index (χ4n) is 7.01. The van der Waals surface area contributed by atoms with Gasteiger partial charge in [0.15, 0.2) is 0 Å². The molecule has 0 saturated carbocycles. The van der Waals surface area contributed by atoms with E-state index in [9.17, 15) is 4.57 Å². The van der Waals surface area contributed by atoms with Crippen LogP contribution in [-0.2, 0) is 9.09 Å². The van der Waals surface area contributed by atoms with Crippen molar-refractivity contribution in [2.24, 2.45) is 5.92 Å². The molecule has 1 atom stereocenters. The minimum atomic E-state index is -4.35. The predicted octanol–water partition coefficient (Wildman–Crippen LogP) is 18.4. The highest BCUT2D eigenvalue weighted by atomic mass is 31.2. The highest BCUT2D eigenvalue weighted by Crippen LogP contribution is 2.36. The van der Waals surface area contributed by atoms with Crippen molar-refractivity contribution in [1.29, 1.82) is 0 Å². The van der Waals surface area contributed by atoms with Gasteiger partial charge < -0.3 is 9.79 Å². The number of hydrogen-bond donors (Lipinski definition) is 2. The van der Waals surface area contributed by atoms with Crippen LogP contribution in [0.1, 0.15) is 218 Å². The molecule has 0 aliphatic heterocycles. The third-order valence-corrected chi connectivity index (χ3v) is 11.9. The maximum absolute atomic E-state index is 10.8. The van der Waals surface area contributed by atoms with Crippen LogP contribution in [0, 0.1) is 5.92 Å². The topological polar surface area (TPSA) is 66.8 Å². The standard InChI is InChI=1S/C55H93O4P/c1-45(2)23-13-24-46(3)25-14-26-47(4)27-15-28-48(5)29-16-30-49(6)31-17-32-50(7)33-18-34-51(8)35-19-36-52(9)37-20-38-53(10)39-21-40-54(11)41-22-42-55(12)43-44-59-60(56,57)58/h23,25,27,29,31,33,35,37,39,41,55H,13-22,24,26,28,30,32,34,36,38,40,42-44H2,1-12H3,(H2,56,57,58)/b46-25+,47-27+,48-29+,49-31+,50-33+,51-35+,52-37+,53-39+,54-41+/t55-/m1/s1. The van der Waals surface area contributed by atoms with E-state index in [1.54, 1.807) is 0 Å². The molecule has 0 aromatic carbocycles. The minimum Gasteiger partial charge on any atom is -0.303 e. The largest absolute Gasteiger partial charge is 0.469 e. The first kappa shape index (κ1) is 57.5. The van der Waals surface area contributed by atoms with Crippen molar-refractivity contribution in [3.63, 3.8) is 0 Å². The van der Waals surface area contributed by atoms with Gasteiger partial charge in [-0.2, -0.15) is 0 Å². The van der Waals surface area contributed by atoms with Crippen LogP contribution >= 0.6 is 7.82 Å². The monoisotopic (exact) mass is 849 g/mol. The first-order valence-corrected chi connectivity index (χ1v) is 25.1. The third kappa shape index (κ3) is 39.6. The fraction of sp³-hybridized carbons (Fsp3) is 0.636. The zero-order valence-corrected chi connectivity index (χ0v) is 42.0. The normalized spacial score (nSPS) is 15.3. The summed E-state index contributed by atoms with van der Waals surface area (Å²) in [5.41, 5.74) is 14.9. The van der Waals surface area contributed by atoms with Crippen LogP contribution in [-0.4, -0.2) is 16.4 Å². The molecule has 0 unspecified atom stereocenters. The lowest BCUT2D eigenvalue weighted by Gasteiger charge is -2.11. The van der Waals surface area contributed by atoms with Crippen LogP contribution < -0.4 is 0 Å². The zero-order chi connectivity index (χ0) is 45.2. The smallest absolute Gasteiger partial charge is 0.303 e. The van der Waals surface area contributed by atoms with Gasteiger partial charge in [-0.25, -0.2) is 4.57 Å². The summed E-state index contributed by atoms with van der Waals surface area (Å²) in [5.74, 6) is 0.377. The van der Waals surface area contributed by atoms with Gasteiger partial charge in [-0.05, 0) is 217 Å². The Labute approximate surface area is 372 Å². The molecule has 0 bridgehead atoms. The SMILES string of the molecule is CC(C)=CCC/C(C)=C/CC/C(C)=C/CC/C(C)=C/CC/C(C)=C/CC/C(C)=C/CC/C(C)=C/CC/C(C)=C/CC/C(C)=C/CC/C(C)=C/CC[C@@H](C)CCOP(=O)(O)O. The van der Waals surface area contributed by atoms with Crippen molar-refractivity contribution in [3.05, 3.63) is 116 Å². The molecule has 5 heteroatoms. The van der Waals surface area contributed by atoms with Gasteiger partial charge in [-0.15, -0.1) is 0 Å². The van der Waals surface area contributed by atoms with E-state index in [-0.39, 0.29) is 6.61 Å². The van der Waals surface area contributed by atoms with Gasteiger partial charge in [-0.3, -0.25) is 4.52 Å². The van der Waals surface area contributed by atoms with E-state index in [2.05, 4.69) is 148 Å². The number of phosphoric ester groups is 1. The van der Waals surface area contributed by atoms with Gasteiger partial charge in [0.2, 0.25) is 0 Å². The van der Waals surface area contributed by atoms with E-state index in [4.69, 9.17) is 9.79 Å². The molecule has 0 spiro atoms. The molecule has 0 radical (unpaired) electrons. The number of rotatable bonds is 34. The Hall–Kier alpha value is -2.49.